The summed E-state index contributed by atoms with van der Waals surface area (Å²) in [5, 5.41) is 3.63. The molecule has 0 radical (unpaired) electrons. The zero-order valence-corrected chi connectivity index (χ0v) is 22.0. The first kappa shape index (κ1) is 25.4. The molecular formula is C29H31N5O4. The van der Waals surface area contributed by atoms with Gasteiger partial charge in [0.1, 0.15) is 5.52 Å². The topological polar surface area (TPSA) is 106 Å². The van der Waals surface area contributed by atoms with E-state index >= 15 is 0 Å². The highest BCUT2D eigenvalue weighted by Gasteiger charge is 2.36. The van der Waals surface area contributed by atoms with Gasteiger partial charge in [-0.25, -0.2) is 9.78 Å². The van der Waals surface area contributed by atoms with Gasteiger partial charge in [0.25, 0.3) is 11.8 Å². The van der Waals surface area contributed by atoms with Gasteiger partial charge in [0.05, 0.1) is 28.4 Å². The molecular weight excluding hydrogens is 482 g/mol. The third-order valence-electron chi connectivity index (χ3n) is 6.72. The molecule has 2 aromatic heterocycles. The Morgan fingerprint density at radius 2 is 1.63 bits per heavy atom. The number of benzene rings is 2. The Morgan fingerprint density at radius 1 is 0.974 bits per heavy atom. The second kappa shape index (κ2) is 9.89. The molecule has 5 rings (SSSR count). The number of pyridine rings is 1. The molecule has 0 bridgehead atoms. The van der Waals surface area contributed by atoms with Crippen molar-refractivity contribution < 1.29 is 19.1 Å². The van der Waals surface area contributed by atoms with Crippen LogP contribution in [0.15, 0.2) is 54.7 Å². The van der Waals surface area contributed by atoms with E-state index in [0.29, 0.717) is 42.0 Å². The highest BCUT2D eigenvalue weighted by molar-refractivity contribution is 6.21. The van der Waals surface area contributed by atoms with Crippen molar-refractivity contribution in [3.8, 4) is 0 Å². The van der Waals surface area contributed by atoms with E-state index in [1.165, 1.54) is 4.90 Å². The highest BCUT2D eigenvalue weighted by Crippen LogP contribution is 2.38. The number of imide groups is 1. The maximum atomic E-state index is 12.9. The van der Waals surface area contributed by atoms with E-state index in [9.17, 15) is 14.4 Å². The van der Waals surface area contributed by atoms with Crippen molar-refractivity contribution in [2.24, 2.45) is 5.41 Å². The van der Waals surface area contributed by atoms with Crippen LogP contribution in [-0.4, -0.2) is 50.4 Å². The molecule has 1 aliphatic heterocycles. The van der Waals surface area contributed by atoms with Crippen molar-refractivity contribution in [3.05, 3.63) is 71.7 Å². The molecule has 38 heavy (non-hydrogen) atoms. The molecule has 0 fully saturated rings. The minimum atomic E-state index is -0.653. The van der Waals surface area contributed by atoms with Crippen molar-refractivity contribution in [1.82, 2.24) is 24.8 Å². The summed E-state index contributed by atoms with van der Waals surface area (Å²) in [6, 6.07) is 14.7. The number of imidazole rings is 1. The number of hydrogen-bond acceptors (Lipinski definition) is 6. The van der Waals surface area contributed by atoms with Gasteiger partial charge in [0, 0.05) is 30.4 Å². The molecule has 0 saturated carbocycles. The molecule has 0 aliphatic carbocycles. The number of carbonyl (C=O) groups excluding carboxylic acids is 3. The lowest BCUT2D eigenvalue weighted by atomic mass is 9.88. The van der Waals surface area contributed by atoms with Crippen molar-refractivity contribution in [1.29, 1.82) is 0 Å². The fourth-order valence-corrected chi connectivity index (χ4v) is 4.95. The zero-order valence-electron chi connectivity index (χ0n) is 22.0. The number of hydrogen-bond donors (Lipinski definition) is 1. The number of aromatic nitrogens is 3. The summed E-state index contributed by atoms with van der Waals surface area (Å²) in [6.07, 6.45) is 1.06. The van der Waals surface area contributed by atoms with E-state index in [4.69, 9.17) is 9.72 Å². The standard InChI is InChI=1S/C29H31N5O4/c1-5-30-28(37)38-24(29(2,3)4)25-32-22-17-31-21-14-9-8-13-20(21)23(22)33(25)15-10-16-34-26(35)18-11-6-7-12-19(18)27(34)36/h6-9,11-14,17,24H,5,10,15-16H2,1-4H3,(H,30,37). The summed E-state index contributed by atoms with van der Waals surface area (Å²) in [6.45, 7) is 8.98. The molecule has 1 aliphatic rings. The fraction of sp³-hybridized carbons (Fsp3) is 0.345. The van der Waals surface area contributed by atoms with Crippen LogP contribution in [0.1, 0.15) is 66.8 Å². The average Bonchev–Trinajstić information content (AvgIpc) is 3.37. The van der Waals surface area contributed by atoms with E-state index in [0.717, 1.165) is 16.4 Å². The second-order valence-corrected chi connectivity index (χ2v) is 10.5. The fourth-order valence-electron chi connectivity index (χ4n) is 4.95. The first-order valence-electron chi connectivity index (χ1n) is 12.8. The van der Waals surface area contributed by atoms with Gasteiger partial charge < -0.3 is 14.6 Å². The number of amides is 3. The van der Waals surface area contributed by atoms with Gasteiger partial charge in [0.2, 0.25) is 0 Å². The largest absolute Gasteiger partial charge is 0.438 e. The van der Waals surface area contributed by atoms with Gasteiger partial charge >= 0.3 is 6.09 Å². The maximum absolute atomic E-state index is 12.9. The van der Waals surface area contributed by atoms with Gasteiger partial charge in [-0.15, -0.1) is 0 Å². The molecule has 9 heteroatoms. The molecule has 4 aromatic rings. The van der Waals surface area contributed by atoms with Crippen molar-refractivity contribution in [2.45, 2.75) is 46.8 Å². The third kappa shape index (κ3) is 4.49. The molecule has 3 amide bonds. The second-order valence-electron chi connectivity index (χ2n) is 10.5. The van der Waals surface area contributed by atoms with E-state index < -0.39 is 17.6 Å². The van der Waals surface area contributed by atoms with Crippen LogP contribution in [0.5, 0.6) is 0 Å². The summed E-state index contributed by atoms with van der Waals surface area (Å²) in [4.78, 5) is 49.1. The number of aryl methyl sites for hydroxylation is 1. The van der Waals surface area contributed by atoms with Gasteiger partial charge in [-0.05, 0) is 31.5 Å². The summed E-state index contributed by atoms with van der Waals surface area (Å²) in [7, 11) is 0. The van der Waals surface area contributed by atoms with Crippen LogP contribution in [-0.2, 0) is 11.3 Å². The summed E-state index contributed by atoms with van der Waals surface area (Å²) < 4.78 is 7.96. The Kier molecular flexibility index (Phi) is 6.60. The lowest BCUT2D eigenvalue weighted by Gasteiger charge is -2.30. The van der Waals surface area contributed by atoms with Crippen molar-refractivity contribution in [2.75, 3.05) is 13.1 Å². The predicted molar refractivity (Wildman–Crippen MR) is 144 cm³/mol. The quantitative estimate of drug-likeness (QED) is 0.345. The lowest BCUT2D eigenvalue weighted by Crippen LogP contribution is -2.33. The smallest absolute Gasteiger partial charge is 0.407 e. The Labute approximate surface area is 220 Å². The zero-order chi connectivity index (χ0) is 27.0. The number of fused-ring (bicyclic) bond motifs is 4. The minimum Gasteiger partial charge on any atom is -0.438 e. The SMILES string of the molecule is CCNC(=O)OC(c1nc2cnc3ccccc3c2n1CCCN1C(=O)c2ccccc2C1=O)C(C)(C)C. The van der Waals surface area contributed by atoms with Gasteiger partial charge in [0.15, 0.2) is 11.9 Å². The molecule has 0 saturated heterocycles. The van der Waals surface area contributed by atoms with E-state index in [1.54, 1.807) is 30.5 Å². The molecule has 1 unspecified atom stereocenters. The molecule has 196 valence electrons. The molecule has 1 atom stereocenters. The number of para-hydroxylation sites is 1. The first-order valence-corrected chi connectivity index (χ1v) is 12.8. The summed E-state index contributed by atoms with van der Waals surface area (Å²) in [5.41, 5.74) is 2.80. The number of nitrogens with one attached hydrogen (secondary N) is 1. The summed E-state index contributed by atoms with van der Waals surface area (Å²) in [5.74, 6) is 0.0467. The Hall–Kier alpha value is -4.27. The van der Waals surface area contributed by atoms with E-state index in [-0.39, 0.29) is 18.4 Å². The van der Waals surface area contributed by atoms with Crippen LogP contribution in [0.3, 0.4) is 0 Å². The molecule has 3 heterocycles. The van der Waals surface area contributed by atoms with Crippen LogP contribution >= 0.6 is 0 Å². The highest BCUT2D eigenvalue weighted by atomic mass is 16.6. The molecule has 9 nitrogen and oxygen atoms in total. The van der Waals surface area contributed by atoms with Crippen molar-refractivity contribution in [3.63, 3.8) is 0 Å². The Bertz CT molecular complexity index is 1520. The molecule has 2 aromatic carbocycles. The lowest BCUT2D eigenvalue weighted by molar-refractivity contribution is 0.0227. The van der Waals surface area contributed by atoms with Crippen LogP contribution < -0.4 is 5.32 Å². The van der Waals surface area contributed by atoms with E-state index in [2.05, 4.69) is 10.3 Å². The first-order chi connectivity index (χ1) is 18.2. The monoisotopic (exact) mass is 513 g/mol. The average molecular weight is 514 g/mol. The Morgan fingerprint density at radius 3 is 2.29 bits per heavy atom. The number of alkyl carbamates (subject to hydrolysis) is 1. The number of rotatable bonds is 7. The van der Waals surface area contributed by atoms with Gasteiger partial charge in [-0.1, -0.05) is 51.1 Å². The molecule has 0 spiro atoms. The number of nitrogens with zero attached hydrogens (tertiary/aromatic N) is 4. The number of ether oxygens (including phenoxy) is 1. The van der Waals surface area contributed by atoms with Crippen LogP contribution in [0.2, 0.25) is 0 Å². The van der Waals surface area contributed by atoms with Gasteiger partial charge in [-0.3, -0.25) is 19.5 Å². The third-order valence-corrected chi connectivity index (χ3v) is 6.72. The van der Waals surface area contributed by atoms with Crippen molar-refractivity contribution >= 4 is 39.8 Å². The normalized spacial score (nSPS) is 14.3. The van der Waals surface area contributed by atoms with Crippen LogP contribution in [0.4, 0.5) is 4.79 Å². The number of carbonyl (C=O) groups is 3. The minimum absolute atomic E-state index is 0.256. The maximum Gasteiger partial charge on any atom is 0.407 e. The van der Waals surface area contributed by atoms with Crippen LogP contribution in [0.25, 0.3) is 21.9 Å². The molecule has 1 N–H and O–H groups in total. The summed E-state index contributed by atoms with van der Waals surface area (Å²) >= 11 is 0. The van der Waals surface area contributed by atoms with Crippen LogP contribution in [0, 0.1) is 5.41 Å². The Balaban J connectivity index is 1.53. The van der Waals surface area contributed by atoms with Gasteiger partial charge in [-0.2, -0.15) is 0 Å². The predicted octanol–water partition coefficient (Wildman–Crippen LogP) is 5.10. The van der Waals surface area contributed by atoms with E-state index in [1.807, 2.05) is 56.5 Å².